The number of hydrogen-bond donors (Lipinski definition) is 1. The highest BCUT2D eigenvalue weighted by molar-refractivity contribution is 5.82. The highest BCUT2D eigenvalue weighted by atomic mass is 16.7. The van der Waals surface area contributed by atoms with Crippen LogP contribution in [0.1, 0.15) is 36.0 Å². The Morgan fingerprint density at radius 3 is 2.48 bits per heavy atom. The summed E-state index contributed by atoms with van der Waals surface area (Å²) in [5, 5.41) is 1.11. The zero-order valence-electron chi connectivity index (χ0n) is 14.4. The van der Waals surface area contributed by atoms with Gasteiger partial charge in [-0.3, -0.25) is 0 Å². The predicted octanol–water partition coefficient (Wildman–Crippen LogP) is 1.20. The van der Waals surface area contributed by atoms with E-state index < -0.39 is 0 Å². The molecule has 5 heteroatoms. The van der Waals surface area contributed by atoms with Gasteiger partial charge in [-0.1, -0.05) is 0 Å². The van der Waals surface area contributed by atoms with Gasteiger partial charge in [0.25, 0.3) is 0 Å². The van der Waals surface area contributed by atoms with E-state index in [1.165, 1.54) is 22.4 Å². The Kier molecular flexibility index (Phi) is 3.69. The van der Waals surface area contributed by atoms with E-state index in [1.54, 1.807) is 6.07 Å². The molecular formula is C20H24NO4+. The quantitative estimate of drug-likeness (QED) is 0.834. The lowest BCUT2D eigenvalue weighted by Crippen LogP contribution is -3.12. The molecule has 1 aromatic heterocycles. The van der Waals surface area contributed by atoms with Crippen LogP contribution >= 0.6 is 0 Å². The molecule has 0 unspecified atom stereocenters. The molecule has 1 aliphatic carbocycles. The number of quaternary nitrogens is 1. The number of nitrogens with one attached hydrogen (secondary N) is 1. The smallest absolute Gasteiger partial charge is 0.336 e. The van der Waals surface area contributed by atoms with Gasteiger partial charge in [0.1, 0.15) is 12.1 Å². The van der Waals surface area contributed by atoms with Gasteiger partial charge in [0.2, 0.25) is 0 Å². The van der Waals surface area contributed by atoms with Gasteiger partial charge in [0, 0.05) is 17.0 Å². The molecule has 3 heterocycles. The molecule has 1 spiro atoms. The minimum Gasteiger partial charge on any atom is -0.423 e. The summed E-state index contributed by atoms with van der Waals surface area (Å²) in [5.74, 6) is -0.331. The Bertz CT molecular complexity index is 856. The van der Waals surface area contributed by atoms with E-state index in [4.69, 9.17) is 13.9 Å². The van der Waals surface area contributed by atoms with Crippen LogP contribution in [0, 0.1) is 0 Å². The van der Waals surface area contributed by atoms with Gasteiger partial charge in [-0.15, -0.1) is 0 Å². The van der Waals surface area contributed by atoms with Crippen LogP contribution in [-0.2, 0) is 28.9 Å². The van der Waals surface area contributed by atoms with Gasteiger partial charge in [-0.05, 0) is 42.5 Å². The van der Waals surface area contributed by atoms with E-state index in [0.717, 1.165) is 61.9 Å². The first kappa shape index (κ1) is 15.6. The average molecular weight is 342 g/mol. The SMILES string of the molecule is O=c1cc(C[NH+]2CCC3(CC2)OCCO3)c2cc3c(cc2o1)CCC3. The van der Waals surface area contributed by atoms with Crippen LogP contribution in [-0.4, -0.2) is 32.1 Å². The van der Waals surface area contributed by atoms with Crippen LogP contribution in [0.2, 0.25) is 0 Å². The van der Waals surface area contributed by atoms with Crippen molar-refractivity contribution < 1.29 is 18.8 Å². The molecule has 2 fully saturated rings. The molecule has 0 bridgehead atoms. The number of ether oxygens (including phenoxy) is 2. The van der Waals surface area contributed by atoms with E-state index in [-0.39, 0.29) is 11.4 Å². The van der Waals surface area contributed by atoms with E-state index in [0.29, 0.717) is 13.2 Å². The van der Waals surface area contributed by atoms with Crippen molar-refractivity contribution in [2.24, 2.45) is 0 Å². The Morgan fingerprint density at radius 1 is 1.00 bits per heavy atom. The second kappa shape index (κ2) is 5.94. The number of hydrogen-bond acceptors (Lipinski definition) is 4. The summed E-state index contributed by atoms with van der Waals surface area (Å²) >= 11 is 0. The molecule has 2 aliphatic heterocycles. The topological polar surface area (TPSA) is 53.1 Å². The third kappa shape index (κ3) is 2.80. The van der Waals surface area contributed by atoms with Crippen molar-refractivity contribution >= 4 is 11.0 Å². The van der Waals surface area contributed by atoms with Crippen LogP contribution in [0.15, 0.2) is 27.4 Å². The van der Waals surface area contributed by atoms with Crippen LogP contribution in [0.25, 0.3) is 11.0 Å². The van der Waals surface area contributed by atoms with Gasteiger partial charge in [0.15, 0.2) is 5.79 Å². The number of piperidine rings is 1. The van der Waals surface area contributed by atoms with Crippen molar-refractivity contribution in [3.8, 4) is 0 Å². The van der Waals surface area contributed by atoms with E-state index in [2.05, 4.69) is 12.1 Å². The van der Waals surface area contributed by atoms with Crippen LogP contribution in [0.5, 0.6) is 0 Å². The van der Waals surface area contributed by atoms with E-state index >= 15 is 0 Å². The van der Waals surface area contributed by atoms with Gasteiger partial charge >= 0.3 is 5.63 Å². The zero-order chi connectivity index (χ0) is 16.9. The first-order valence-corrected chi connectivity index (χ1v) is 9.41. The molecule has 2 saturated heterocycles. The lowest BCUT2D eigenvalue weighted by Gasteiger charge is -2.35. The summed E-state index contributed by atoms with van der Waals surface area (Å²) in [6.45, 7) is 4.30. The van der Waals surface area contributed by atoms with Gasteiger partial charge in [-0.25, -0.2) is 4.79 Å². The molecule has 1 aromatic carbocycles. The standard InChI is InChI=1S/C20H23NO4/c22-19-12-16(13-21-6-4-20(5-7-21)23-8-9-24-20)17-10-14-2-1-3-15(14)11-18(17)25-19/h10-12H,1-9,13H2/p+1. The number of fused-ring (bicyclic) bond motifs is 2. The van der Waals surface area contributed by atoms with Crippen molar-refractivity contribution in [2.45, 2.75) is 44.4 Å². The van der Waals surface area contributed by atoms with E-state index in [9.17, 15) is 4.79 Å². The summed E-state index contributed by atoms with van der Waals surface area (Å²) in [6, 6.07) is 6.02. The minimum absolute atomic E-state index is 0.240. The van der Waals surface area contributed by atoms with Crippen LogP contribution < -0.4 is 10.5 Å². The summed E-state index contributed by atoms with van der Waals surface area (Å²) in [6.07, 6.45) is 5.29. The molecule has 132 valence electrons. The van der Waals surface area contributed by atoms with Gasteiger partial charge in [-0.2, -0.15) is 0 Å². The second-order valence-electron chi connectivity index (χ2n) is 7.60. The van der Waals surface area contributed by atoms with Crippen molar-refractivity contribution in [3.63, 3.8) is 0 Å². The highest BCUT2D eigenvalue weighted by Crippen LogP contribution is 2.29. The van der Waals surface area contributed by atoms with Crippen molar-refractivity contribution in [1.29, 1.82) is 0 Å². The molecule has 25 heavy (non-hydrogen) atoms. The molecule has 0 radical (unpaired) electrons. The van der Waals surface area contributed by atoms with Crippen molar-refractivity contribution in [1.82, 2.24) is 0 Å². The predicted molar refractivity (Wildman–Crippen MR) is 92.8 cm³/mol. The summed E-state index contributed by atoms with van der Waals surface area (Å²) < 4.78 is 17.1. The van der Waals surface area contributed by atoms with E-state index in [1.807, 2.05) is 0 Å². The van der Waals surface area contributed by atoms with Crippen molar-refractivity contribution in [2.75, 3.05) is 26.3 Å². The maximum atomic E-state index is 12.0. The molecule has 0 atom stereocenters. The van der Waals surface area contributed by atoms with Crippen molar-refractivity contribution in [3.05, 3.63) is 45.3 Å². The summed E-state index contributed by atoms with van der Waals surface area (Å²) in [7, 11) is 0. The minimum atomic E-state index is -0.331. The Balaban J connectivity index is 1.42. The average Bonchev–Trinajstić information content (AvgIpc) is 3.24. The monoisotopic (exact) mass is 342 g/mol. The first-order valence-electron chi connectivity index (χ1n) is 9.41. The number of rotatable bonds is 2. The number of aryl methyl sites for hydroxylation is 2. The Labute approximate surface area is 146 Å². The maximum absolute atomic E-state index is 12.0. The summed E-state index contributed by atoms with van der Waals surface area (Å²) in [5.41, 5.74) is 4.38. The fourth-order valence-corrected chi connectivity index (χ4v) is 4.66. The molecule has 0 saturated carbocycles. The number of likely N-dealkylation sites (tertiary alicyclic amines) is 1. The molecular weight excluding hydrogens is 318 g/mol. The second-order valence-corrected chi connectivity index (χ2v) is 7.60. The molecule has 2 aromatic rings. The van der Waals surface area contributed by atoms with Crippen LogP contribution in [0.4, 0.5) is 0 Å². The molecule has 5 nitrogen and oxygen atoms in total. The molecule has 1 N–H and O–H groups in total. The Hall–Kier alpha value is -1.69. The summed E-state index contributed by atoms with van der Waals surface area (Å²) in [4.78, 5) is 13.5. The lowest BCUT2D eigenvalue weighted by atomic mass is 10.0. The molecule has 5 rings (SSSR count). The third-order valence-corrected chi connectivity index (χ3v) is 6.02. The lowest BCUT2D eigenvalue weighted by molar-refractivity contribution is -0.922. The normalized spacial score (nSPS) is 22.7. The van der Waals surface area contributed by atoms with Gasteiger partial charge in [0.05, 0.1) is 39.1 Å². The third-order valence-electron chi connectivity index (χ3n) is 6.02. The Morgan fingerprint density at radius 2 is 1.72 bits per heavy atom. The first-order chi connectivity index (χ1) is 12.2. The fraction of sp³-hybridized carbons (Fsp3) is 0.550. The highest BCUT2D eigenvalue weighted by Gasteiger charge is 2.41. The van der Waals surface area contributed by atoms with Crippen LogP contribution in [0.3, 0.4) is 0 Å². The van der Waals surface area contributed by atoms with Gasteiger partial charge < -0.3 is 18.8 Å². The molecule has 3 aliphatic rings. The fourth-order valence-electron chi connectivity index (χ4n) is 4.66. The number of benzene rings is 1. The maximum Gasteiger partial charge on any atom is 0.336 e. The largest absolute Gasteiger partial charge is 0.423 e. The zero-order valence-corrected chi connectivity index (χ0v) is 14.4. The molecule has 0 amide bonds.